The van der Waals surface area contributed by atoms with Crippen molar-refractivity contribution in [2.24, 2.45) is 7.05 Å². The number of rotatable bonds is 4. The maximum Gasteiger partial charge on any atom is 0.425 e. The number of hydrogen-bond donors (Lipinski definition) is 1. The minimum absolute atomic E-state index is 0.271. The fourth-order valence-corrected chi connectivity index (χ4v) is 3.62. The van der Waals surface area contributed by atoms with Gasteiger partial charge in [-0.05, 0) is 0 Å². The largest absolute Gasteiger partial charge is 0.425 e. The number of imidazole rings is 1. The summed E-state index contributed by atoms with van der Waals surface area (Å²) in [7, 11) is 1.34. The number of thiazole rings is 1. The molecule has 0 spiro atoms. The van der Waals surface area contributed by atoms with Crippen LogP contribution in [0.3, 0.4) is 0 Å². The predicted molar refractivity (Wildman–Crippen MR) is 88.7 cm³/mol. The fourth-order valence-electron chi connectivity index (χ4n) is 2.92. The van der Waals surface area contributed by atoms with E-state index in [1.807, 2.05) is 10.3 Å². The SMILES string of the molecule is Cn1ccnc1C(O)(CC(=O)N1CCN(c2nccs2)CC1)C(F)(F)F. The van der Waals surface area contributed by atoms with Gasteiger partial charge in [-0.3, -0.25) is 4.79 Å². The van der Waals surface area contributed by atoms with Crippen LogP contribution in [-0.4, -0.2) is 62.8 Å². The molecule has 0 bridgehead atoms. The Balaban J connectivity index is 1.70. The average molecular weight is 389 g/mol. The summed E-state index contributed by atoms with van der Waals surface area (Å²) in [6.07, 6.45) is -2.00. The molecule has 1 atom stereocenters. The molecule has 7 nitrogen and oxygen atoms in total. The topological polar surface area (TPSA) is 74.5 Å². The Morgan fingerprint density at radius 1 is 1.23 bits per heavy atom. The number of amides is 1. The van der Waals surface area contributed by atoms with Crippen molar-refractivity contribution in [3.05, 3.63) is 29.8 Å². The molecular formula is C15H18F3N5O2S. The number of aliphatic hydroxyl groups is 1. The fraction of sp³-hybridized carbons (Fsp3) is 0.533. The van der Waals surface area contributed by atoms with Crippen LogP contribution in [-0.2, 0) is 17.4 Å². The number of anilines is 1. The molecule has 0 aromatic carbocycles. The monoisotopic (exact) mass is 389 g/mol. The number of piperazine rings is 1. The summed E-state index contributed by atoms with van der Waals surface area (Å²) in [6, 6.07) is 0. The Bertz CT molecular complexity index is 756. The average Bonchev–Trinajstić information content (AvgIpc) is 3.25. The summed E-state index contributed by atoms with van der Waals surface area (Å²) in [5, 5.41) is 13.0. The van der Waals surface area contributed by atoms with Crippen molar-refractivity contribution in [3.8, 4) is 0 Å². The normalized spacial score (nSPS) is 18.0. The minimum atomic E-state index is -5.02. The van der Waals surface area contributed by atoms with Crippen LogP contribution in [0.15, 0.2) is 24.0 Å². The molecular weight excluding hydrogens is 371 g/mol. The van der Waals surface area contributed by atoms with Crippen molar-refractivity contribution in [1.29, 1.82) is 0 Å². The van der Waals surface area contributed by atoms with Gasteiger partial charge in [-0.25, -0.2) is 9.97 Å². The second kappa shape index (κ2) is 6.88. The van der Waals surface area contributed by atoms with E-state index in [2.05, 4.69) is 9.97 Å². The first-order chi connectivity index (χ1) is 12.2. The molecule has 2 aromatic heterocycles. The maximum atomic E-state index is 13.5. The lowest BCUT2D eigenvalue weighted by Crippen LogP contribution is -2.53. The van der Waals surface area contributed by atoms with Crippen LogP contribution in [0.5, 0.6) is 0 Å². The summed E-state index contributed by atoms with van der Waals surface area (Å²) < 4.78 is 41.7. The van der Waals surface area contributed by atoms with Crippen LogP contribution in [0.25, 0.3) is 0 Å². The van der Waals surface area contributed by atoms with E-state index in [0.717, 1.165) is 15.9 Å². The third-order valence-corrected chi connectivity index (χ3v) is 5.22. The van der Waals surface area contributed by atoms with Crippen LogP contribution >= 0.6 is 11.3 Å². The van der Waals surface area contributed by atoms with Gasteiger partial charge in [0.15, 0.2) is 11.0 Å². The van der Waals surface area contributed by atoms with Gasteiger partial charge in [0.2, 0.25) is 11.5 Å². The van der Waals surface area contributed by atoms with Crippen LogP contribution in [0.2, 0.25) is 0 Å². The van der Waals surface area contributed by atoms with Gasteiger partial charge in [0.05, 0.1) is 6.42 Å². The first-order valence-electron chi connectivity index (χ1n) is 7.91. The molecule has 1 N–H and O–H groups in total. The van der Waals surface area contributed by atoms with Gasteiger partial charge in [0.1, 0.15) is 0 Å². The van der Waals surface area contributed by atoms with E-state index in [0.29, 0.717) is 13.1 Å². The Hall–Kier alpha value is -2.14. The van der Waals surface area contributed by atoms with E-state index >= 15 is 0 Å². The molecule has 1 unspecified atom stereocenters. The maximum absolute atomic E-state index is 13.5. The molecule has 0 radical (unpaired) electrons. The molecule has 3 heterocycles. The van der Waals surface area contributed by atoms with Crippen molar-refractivity contribution >= 4 is 22.4 Å². The van der Waals surface area contributed by atoms with Gasteiger partial charge < -0.3 is 19.5 Å². The third kappa shape index (κ3) is 3.40. The van der Waals surface area contributed by atoms with Gasteiger partial charge in [-0.15, -0.1) is 11.3 Å². The molecule has 142 valence electrons. The zero-order valence-electron chi connectivity index (χ0n) is 14.0. The molecule has 2 aromatic rings. The first-order valence-corrected chi connectivity index (χ1v) is 8.79. The Morgan fingerprint density at radius 2 is 1.92 bits per heavy atom. The lowest BCUT2D eigenvalue weighted by molar-refractivity contribution is -0.272. The van der Waals surface area contributed by atoms with Crippen LogP contribution in [0.1, 0.15) is 12.2 Å². The summed E-state index contributed by atoms with van der Waals surface area (Å²) in [5.41, 5.74) is -3.32. The Kier molecular flexibility index (Phi) is 4.93. The van der Waals surface area contributed by atoms with E-state index in [9.17, 15) is 23.1 Å². The van der Waals surface area contributed by atoms with Gasteiger partial charge in [0, 0.05) is 57.2 Å². The van der Waals surface area contributed by atoms with Gasteiger partial charge in [-0.2, -0.15) is 13.2 Å². The zero-order chi connectivity index (χ0) is 18.9. The van der Waals surface area contributed by atoms with E-state index in [1.165, 1.54) is 29.5 Å². The lowest BCUT2D eigenvalue weighted by Gasteiger charge is -2.37. The summed E-state index contributed by atoms with van der Waals surface area (Å²) >= 11 is 1.46. The third-order valence-electron chi connectivity index (χ3n) is 4.39. The van der Waals surface area contributed by atoms with E-state index in [-0.39, 0.29) is 13.1 Å². The molecule has 26 heavy (non-hydrogen) atoms. The van der Waals surface area contributed by atoms with Crippen LogP contribution in [0.4, 0.5) is 18.3 Å². The summed E-state index contributed by atoms with van der Waals surface area (Å²) in [5.74, 6) is -1.36. The number of alkyl halides is 3. The Morgan fingerprint density at radius 3 is 2.42 bits per heavy atom. The standard InChI is InChI=1S/C15H18F3N5O2S/c1-21-4-2-19-12(21)14(25,15(16,17)18)10-11(24)22-5-7-23(8-6-22)13-20-3-9-26-13/h2-4,9,25H,5-8,10H2,1H3. The highest BCUT2D eigenvalue weighted by molar-refractivity contribution is 7.13. The molecule has 0 saturated carbocycles. The van der Waals surface area contributed by atoms with Gasteiger partial charge in [0.25, 0.3) is 0 Å². The summed E-state index contributed by atoms with van der Waals surface area (Å²) in [6.45, 7) is 1.50. The lowest BCUT2D eigenvalue weighted by atomic mass is 9.96. The van der Waals surface area contributed by atoms with Crippen molar-refractivity contribution in [3.63, 3.8) is 0 Å². The zero-order valence-corrected chi connectivity index (χ0v) is 14.8. The van der Waals surface area contributed by atoms with Gasteiger partial charge in [-0.1, -0.05) is 0 Å². The molecule has 11 heteroatoms. The molecule has 1 aliphatic heterocycles. The summed E-state index contributed by atoms with van der Waals surface area (Å²) in [4.78, 5) is 23.6. The number of carbonyl (C=O) groups is 1. The van der Waals surface area contributed by atoms with Crippen molar-refractivity contribution in [2.75, 3.05) is 31.1 Å². The highest BCUT2D eigenvalue weighted by atomic mass is 32.1. The Labute approximate surface area is 151 Å². The second-order valence-electron chi connectivity index (χ2n) is 6.08. The van der Waals surface area contributed by atoms with Crippen molar-refractivity contribution in [2.45, 2.75) is 18.2 Å². The highest BCUT2D eigenvalue weighted by Crippen LogP contribution is 2.41. The first kappa shape index (κ1) is 18.6. The molecule has 1 amide bonds. The number of hydrogen-bond acceptors (Lipinski definition) is 6. The number of halogens is 3. The highest BCUT2D eigenvalue weighted by Gasteiger charge is 2.59. The van der Waals surface area contributed by atoms with E-state index in [1.54, 1.807) is 6.20 Å². The minimum Gasteiger partial charge on any atom is -0.374 e. The van der Waals surface area contributed by atoms with Crippen molar-refractivity contribution in [1.82, 2.24) is 19.4 Å². The predicted octanol–water partition coefficient (Wildman–Crippen LogP) is 1.37. The molecule has 0 aliphatic carbocycles. The second-order valence-corrected chi connectivity index (χ2v) is 6.95. The number of aryl methyl sites for hydroxylation is 1. The molecule has 1 fully saturated rings. The van der Waals surface area contributed by atoms with Crippen LogP contribution in [0, 0.1) is 0 Å². The van der Waals surface area contributed by atoms with Gasteiger partial charge >= 0.3 is 6.18 Å². The smallest absolute Gasteiger partial charge is 0.374 e. The van der Waals surface area contributed by atoms with Crippen LogP contribution < -0.4 is 4.90 Å². The molecule has 3 rings (SSSR count). The molecule has 1 aliphatic rings. The van der Waals surface area contributed by atoms with E-state index in [4.69, 9.17) is 0 Å². The molecule has 1 saturated heterocycles. The quantitative estimate of drug-likeness (QED) is 0.855. The van der Waals surface area contributed by atoms with Crippen molar-refractivity contribution < 1.29 is 23.1 Å². The van der Waals surface area contributed by atoms with E-state index < -0.39 is 29.9 Å². The number of aromatic nitrogens is 3. The number of nitrogens with zero attached hydrogens (tertiary/aromatic N) is 5. The number of carbonyl (C=O) groups excluding carboxylic acids is 1.